The molecule has 0 heterocycles. The first-order valence-corrected chi connectivity index (χ1v) is 14.9. The van der Waals surface area contributed by atoms with Gasteiger partial charge in [-0.05, 0) is 57.0 Å². The summed E-state index contributed by atoms with van der Waals surface area (Å²) in [5.74, 6) is -0.247. The van der Waals surface area contributed by atoms with E-state index >= 15 is 0 Å². The maximum atomic E-state index is 14.1. The van der Waals surface area contributed by atoms with Gasteiger partial charge >= 0.3 is 0 Å². The third-order valence-electron chi connectivity index (χ3n) is 6.91. The van der Waals surface area contributed by atoms with Crippen LogP contribution >= 0.6 is 0 Å². The third-order valence-corrected chi connectivity index (χ3v) is 8.68. The zero-order valence-corrected chi connectivity index (χ0v) is 25.3. The van der Waals surface area contributed by atoms with Crippen LogP contribution in [-0.4, -0.2) is 58.0 Å². The lowest BCUT2D eigenvalue weighted by molar-refractivity contribution is -0.139. The van der Waals surface area contributed by atoms with Gasteiger partial charge in [0.25, 0.3) is 10.0 Å². The van der Waals surface area contributed by atoms with Crippen LogP contribution in [0.4, 0.5) is 5.69 Å². The highest BCUT2D eigenvalue weighted by Crippen LogP contribution is 2.36. The lowest BCUT2D eigenvalue weighted by Gasteiger charge is -2.33. The highest BCUT2D eigenvalue weighted by atomic mass is 32.2. The number of ether oxygens (including phenoxy) is 2. The number of hydrogen-bond acceptors (Lipinski definition) is 6. The number of carbonyl (C=O) groups excluding carboxylic acids is 2. The van der Waals surface area contributed by atoms with Gasteiger partial charge in [0.1, 0.15) is 24.1 Å². The van der Waals surface area contributed by atoms with Crippen LogP contribution in [0.2, 0.25) is 0 Å². The molecule has 0 bridgehead atoms. The van der Waals surface area contributed by atoms with Gasteiger partial charge in [-0.3, -0.25) is 13.9 Å². The molecular weight excluding hydrogens is 542 g/mol. The van der Waals surface area contributed by atoms with Gasteiger partial charge in [-0.25, -0.2) is 8.42 Å². The Kier molecular flexibility index (Phi) is 10.8. The van der Waals surface area contributed by atoms with E-state index in [1.54, 1.807) is 37.3 Å². The second kappa shape index (κ2) is 14.0. The fraction of sp³-hybridized carbons (Fsp3) is 0.355. The number of sulfonamides is 1. The summed E-state index contributed by atoms with van der Waals surface area (Å²) >= 11 is 0. The van der Waals surface area contributed by atoms with Gasteiger partial charge in [0.2, 0.25) is 11.8 Å². The molecule has 0 radical (unpaired) electrons. The number of methoxy groups -OCH3 is 2. The number of rotatable bonds is 13. The summed E-state index contributed by atoms with van der Waals surface area (Å²) in [5.41, 5.74) is 2.00. The molecule has 2 atom stereocenters. The van der Waals surface area contributed by atoms with Crippen LogP contribution in [0.5, 0.6) is 11.5 Å². The van der Waals surface area contributed by atoms with Gasteiger partial charge in [0.15, 0.2) is 0 Å². The van der Waals surface area contributed by atoms with E-state index in [0.717, 1.165) is 21.9 Å². The molecule has 0 aliphatic rings. The van der Waals surface area contributed by atoms with Crippen molar-refractivity contribution in [3.05, 3.63) is 83.9 Å². The molecule has 0 saturated heterocycles. The molecule has 2 amide bonds. The van der Waals surface area contributed by atoms with E-state index in [2.05, 4.69) is 5.32 Å². The van der Waals surface area contributed by atoms with Crippen molar-refractivity contribution in [1.82, 2.24) is 10.2 Å². The van der Waals surface area contributed by atoms with E-state index in [9.17, 15) is 18.0 Å². The van der Waals surface area contributed by atoms with Gasteiger partial charge in [-0.15, -0.1) is 0 Å². The van der Waals surface area contributed by atoms with Crippen molar-refractivity contribution in [2.45, 2.75) is 57.6 Å². The maximum Gasteiger partial charge on any atom is 0.264 e. The number of benzene rings is 3. The molecule has 3 aromatic rings. The summed E-state index contributed by atoms with van der Waals surface area (Å²) in [6.07, 6.45) is 0.725. The number of carbonyl (C=O) groups is 2. The predicted molar refractivity (Wildman–Crippen MR) is 160 cm³/mol. The van der Waals surface area contributed by atoms with E-state index in [1.807, 2.05) is 45.0 Å². The molecule has 0 spiro atoms. The SMILES string of the molecule is CC[C@H](C)NC(=O)[C@@H](C)N(Cc1ccc(C)cc1)C(=O)CN(c1cc(OC)ccc1OC)S(=O)(=O)c1ccccc1. The molecule has 0 aliphatic heterocycles. The lowest BCUT2D eigenvalue weighted by atomic mass is 10.1. The van der Waals surface area contributed by atoms with Gasteiger partial charge in [0, 0.05) is 18.7 Å². The smallest absolute Gasteiger partial charge is 0.264 e. The highest BCUT2D eigenvalue weighted by molar-refractivity contribution is 7.92. The van der Waals surface area contributed by atoms with Crippen molar-refractivity contribution in [3.63, 3.8) is 0 Å². The molecule has 220 valence electrons. The topological polar surface area (TPSA) is 105 Å². The molecule has 0 unspecified atom stereocenters. The first kappa shape index (κ1) is 31.5. The van der Waals surface area contributed by atoms with Crippen molar-refractivity contribution in [3.8, 4) is 11.5 Å². The Hall–Kier alpha value is -4.05. The highest BCUT2D eigenvalue weighted by Gasteiger charge is 2.34. The molecular formula is C31H39N3O6S. The van der Waals surface area contributed by atoms with Crippen molar-refractivity contribution < 1.29 is 27.5 Å². The summed E-state index contributed by atoms with van der Waals surface area (Å²) in [6, 6.07) is 19.3. The summed E-state index contributed by atoms with van der Waals surface area (Å²) < 4.78 is 39.9. The van der Waals surface area contributed by atoms with E-state index in [0.29, 0.717) is 5.75 Å². The minimum Gasteiger partial charge on any atom is -0.497 e. The molecule has 0 aromatic heterocycles. The minimum absolute atomic E-state index is 0.00493. The van der Waals surface area contributed by atoms with Crippen LogP contribution in [0.25, 0.3) is 0 Å². The molecule has 0 fully saturated rings. The maximum absolute atomic E-state index is 14.1. The zero-order valence-electron chi connectivity index (χ0n) is 24.5. The van der Waals surface area contributed by atoms with Crippen LogP contribution in [0.15, 0.2) is 77.7 Å². The predicted octanol–water partition coefficient (Wildman–Crippen LogP) is 4.54. The number of hydrogen-bond donors (Lipinski definition) is 1. The molecule has 3 rings (SSSR count). The minimum atomic E-state index is -4.24. The average Bonchev–Trinajstić information content (AvgIpc) is 2.98. The normalized spacial score (nSPS) is 12.6. The van der Waals surface area contributed by atoms with Crippen molar-refractivity contribution in [2.75, 3.05) is 25.1 Å². The summed E-state index contributed by atoms with van der Waals surface area (Å²) in [4.78, 5) is 28.7. The van der Waals surface area contributed by atoms with Crippen LogP contribution < -0.4 is 19.1 Å². The summed E-state index contributed by atoms with van der Waals surface area (Å²) in [6.45, 7) is 6.99. The van der Waals surface area contributed by atoms with Crippen LogP contribution in [0.1, 0.15) is 38.3 Å². The molecule has 10 heteroatoms. The second-order valence-corrected chi connectivity index (χ2v) is 11.7. The standard InChI is InChI=1S/C31H39N3O6S/c1-7-23(3)32-31(36)24(4)33(20-25-15-13-22(2)14-16-25)30(35)21-34(41(37,38)27-11-9-8-10-12-27)28-19-26(39-5)17-18-29(28)40-6/h8-19,23-24H,7,20-21H2,1-6H3,(H,32,36)/t23-,24+/m0/s1. The van der Waals surface area contributed by atoms with Gasteiger partial charge < -0.3 is 19.7 Å². The Bertz CT molecular complexity index is 1430. The van der Waals surface area contributed by atoms with Crippen molar-refractivity contribution in [1.29, 1.82) is 0 Å². The first-order valence-electron chi connectivity index (χ1n) is 13.5. The van der Waals surface area contributed by atoms with E-state index in [-0.39, 0.29) is 34.8 Å². The number of anilines is 1. The summed E-state index contributed by atoms with van der Waals surface area (Å²) in [7, 11) is -1.35. The molecule has 0 aliphatic carbocycles. The Morgan fingerprint density at radius 1 is 0.927 bits per heavy atom. The number of amides is 2. The van der Waals surface area contributed by atoms with Crippen LogP contribution in [-0.2, 0) is 26.2 Å². The Labute approximate surface area is 243 Å². The lowest BCUT2D eigenvalue weighted by Crippen LogP contribution is -2.52. The number of aryl methyl sites for hydroxylation is 1. The van der Waals surface area contributed by atoms with E-state index in [4.69, 9.17) is 9.47 Å². The monoisotopic (exact) mass is 581 g/mol. The zero-order chi connectivity index (χ0) is 30.2. The fourth-order valence-corrected chi connectivity index (χ4v) is 5.60. The van der Waals surface area contributed by atoms with Crippen LogP contribution in [0.3, 0.4) is 0 Å². The molecule has 41 heavy (non-hydrogen) atoms. The number of nitrogens with zero attached hydrogens (tertiary/aromatic N) is 2. The third kappa shape index (κ3) is 7.79. The average molecular weight is 582 g/mol. The van der Waals surface area contributed by atoms with Gasteiger partial charge in [-0.1, -0.05) is 55.0 Å². The van der Waals surface area contributed by atoms with Crippen LogP contribution in [0, 0.1) is 6.92 Å². The second-order valence-electron chi connectivity index (χ2n) is 9.86. The first-order chi connectivity index (χ1) is 19.5. The molecule has 9 nitrogen and oxygen atoms in total. The molecule has 3 aromatic carbocycles. The largest absolute Gasteiger partial charge is 0.497 e. The molecule has 1 N–H and O–H groups in total. The Morgan fingerprint density at radius 3 is 2.17 bits per heavy atom. The Balaban J connectivity index is 2.10. The van der Waals surface area contributed by atoms with Gasteiger partial charge in [-0.2, -0.15) is 0 Å². The van der Waals surface area contributed by atoms with Gasteiger partial charge in [0.05, 0.1) is 24.8 Å². The van der Waals surface area contributed by atoms with E-state index in [1.165, 1.54) is 37.3 Å². The number of nitrogens with one attached hydrogen (secondary N) is 1. The van der Waals surface area contributed by atoms with E-state index < -0.39 is 28.5 Å². The fourth-order valence-electron chi connectivity index (χ4n) is 4.16. The van der Waals surface area contributed by atoms with Crippen molar-refractivity contribution in [2.24, 2.45) is 0 Å². The summed E-state index contributed by atoms with van der Waals surface area (Å²) in [5, 5.41) is 2.93. The van der Waals surface area contributed by atoms with Crippen molar-refractivity contribution >= 4 is 27.5 Å². The quantitative estimate of drug-likeness (QED) is 0.318. The molecule has 0 saturated carbocycles. The Morgan fingerprint density at radius 2 is 1.59 bits per heavy atom.